The summed E-state index contributed by atoms with van der Waals surface area (Å²) in [7, 11) is 3.50. The number of amides is 1. The Labute approximate surface area is 122 Å². The molecule has 2 rings (SSSR count). The molecule has 0 radical (unpaired) electrons. The van der Waals surface area contributed by atoms with Crippen molar-refractivity contribution in [1.29, 1.82) is 0 Å². The van der Waals surface area contributed by atoms with Crippen molar-refractivity contribution in [2.45, 2.75) is 18.9 Å². The summed E-state index contributed by atoms with van der Waals surface area (Å²) in [6.07, 6.45) is 2.14. The SMILES string of the molecule is CNc1nc(N(C)CC(=O)NC2CC2)c(Cl)cc1Cl. The van der Waals surface area contributed by atoms with Crippen LogP contribution in [0.4, 0.5) is 11.6 Å². The van der Waals surface area contributed by atoms with Crippen molar-refractivity contribution in [1.82, 2.24) is 10.3 Å². The molecule has 0 aromatic carbocycles. The lowest BCUT2D eigenvalue weighted by atomic mass is 10.4. The molecular weight excluding hydrogens is 287 g/mol. The molecular formula is C12H16Cl2N4O. The maximum absolute atomic E-state index is 11.7. The van der Waals surface area contributed by atoms with Gasteiger partial charge in [-0.25, -0.2) is 4.98 Å². The second-order valence-corrected chi connectivity index (χ2v) is 5.39. The van der Waals surface area contributed by atoms with Crippen LogP contribution >= 0.6 is 23.2 Å². The number of nitrogens with one attached hydrogen (secondary N) is 2. The smallest absolute Gasteiger partial charge is 0.239 e. The maximum atomic E-state index is 11.7. The number of halogens is 2. The van der Waals surface area contributed by atoms with Crippen LogP contribution in [-0.4, -0.2) is 37.6 Å². The van der Waals surface area contributed by atoms with Crippen molar-refractivity contribution in [3.63, 3.8) is 0 Å². The second kappa shape index (κ2) is 5.84. The predicted molar refractivity (Wildman–Crippen MR) is 78.2 cm³/mol. The molecule has 0 saturated heterocycles. The summed E-state index contributed by atoms with van der Waals surface area (Å²) in [5.41, 5.74) is 0. The summed E-state index contributed by atoms with van der Waals surface area (Å²) in [6.45, 7) is 0.216. The molecule has 0 bridgehead atoms. The Bertz CT molecular complexity index is 491. The number of anilines is 2. The third kappa shape index (κ3) is 3.64. The number of pyridine rings is 1. The van der Waals surface area contributed by atoms with E-state index >= 15 is 0 Å². The summed E-state index contributed by atoms with van der Waals surface area (Å²) in [5.74, 6) is 1.04. The Kier molecular flexibility index (Phi) is 4.37. The van der Waals surface area contributed by atoms with Gasteiger partial charge in [0.05, 0.1) is 16.6 Å². The quantitative estimate of drug-likeness (QED) is 0.875. The van der Waals surface area contributed by atoms with E-state index in [2.05, 4.69) is 15.6 Å². The highest BCUT2D eigenvalue weighted by atomic mass is 35.5. The van der Waals surface area contributed by atoms with Crippen molar-refractivity contribution >= 4 is 40.7 Å². The first-order valence-corrected chi connectivity index (χ1v) is 6.81. The van der Waals surface area contributed by atoms with Gasteiger partial charge in [0.15, 0.2) is 0 Å². The van der Waals surface area contributed by atoms with Gasteiger partial charge in [0.25, 0.3) is 0 Å². The molecule has 0 aliphatic heterocycles. The minimum Gasteiger partial charge on any atom is -0.372 e. The first-order chi connectivity index (χ1) is 9.01. The highest BCUT2D eigenvalue weighted by molar-refractivity contribution is 6.37. The van der Waals surface area contributed by atoms with Gasteiger partial charge in [0.1, 0.15) is 11.6 Å². The Balaban J connectivity index is 2.08. The van der Waals surface area contributed by atoms with Gasteiger partial charge in [-0.2, -0.15) is 0 Å². The Hall–Kier alpha value is -1.20. The van der Waals surface area contributed by atoms with Crippen LogP contribution in [0.1, 0.15) is 12.8 Å². The van der Waals surface area contributed by atoms with Gasteiger partial charge in [-0.15, -0.1) is 0 Å². The van der Waals surface area contributed by atoms with Crippen molar-refractivity contribution in [2.75, 3.05) is 30.9 Å². The van der Waals surface area contributed by atoms with E-state index in [1.54, 1.807) is 25.1 Å². The number of hydrogen-bond acceptors (Lipinski definition) is 4. The molecule has 0 spiro atoms. The number of aromatic nitrogens is 1. The molecule has 1 aliphatic rings. The molecule has 1 aliphatic carbocycles. The van der Waals surface area contributed by atoms with Crippen LogP contribution in [0.5, 0.6) is 0 Å². The largest absolute Gasteiger partial charge is 0.372 e. The zero-order chi connectivity index (χ0) is 14.0. The zero-order valence-corrected chi connectivity index (χ0v) is 12.3. The molecule has 5 nitrogen and oxygen atoms in total. The average Bonchev–Trinajstić information content (AvgIpc) is 3.12. The van der Waals surface area contributed by atoms with Gasteiger partial charge in [-0.3, -0.25) is 4.79 Å². The monoisotopic (exact) mass is 302 g/mol. The van der Waals surface area contributed by atoms with Gasteiger partial charge in [-0.1, -0.05) is 23.2 Å². The molecule has 104 valence electrons. The van der Waals surface area contributed by atoms with Crippen LogP contribution in [0.3, 0.4) is 0 Å². The van der Waals surface area contributed by atoms with Crippen LogP contribution < -0.4 is 15.5 Å². The molecule has 1 heterocycles. The fourth-order valence-electron chi connectivity index (χ4n) is 1.69. The molecule has 1 aromatic rings. The Morgan fingerprint density at radius 3 is 2.74 bits per heavy atom. The fourth-order valence-corrected chi connectivity index (χ4v) is 2.29. The van der Waals surface area contributed by atoms with Gasteiger partial charge < -0.3 is 15.5 Å². The first kappa shape index (κ1) is 14.2. The molecule has 7 heteroatoms. The summed E-state index contributed by atoms with van der Waals surface area (Å²) >= 11 is 12.1. The lowest BCUT2D eigenvalue weighted by molar-refractivity contribution is -0.119. The molecule has 1 fully saturated rings. The van der Waals surface area contributed by atoms with Gasteiger partial charge in [-0.05, 0) is 18.9 Å². The number of rotatable bonds is 5. The number of carbonyl (C=O) groups is 1. The van der Waals surface area contributed by atoms with Crippen molar-refractivity contribution < 1.29 is 4.79 Å². The molecule has 0 unspecified atom stereocenters. The van der Waals surface area contributed by atoms with E-state index in [4.69, 9.17) is 23.2 Å². The maximum Gasteiger partial charge on any atom is 0.239 e. The van der Waals surface area contributed by atoms with E-state index in [1.807, 2.05) is 0 Å². The van der Waals surface area contributed by atoms with Crippen LogP contribution in [0, 0.1) is 0 Å². The number of nitrogens with zero attached hydrogens (tertiary/aromatic N) is 2. The number of hydrogen-bond donors (Lipinski definition) is 2. The van der Waals surface area contributed by atoms with Crippen LogP contribution in [0.25, 0.3) is 0 Å². The highest BCUT2D eigenvalue weighted by Gasteiger charge is 2.24. The Morgan fingerprint density at radius 2 is 2.16 bits per heavy atom. The van der Waals surface area contributed by atoms with E-state index in [0.29, 0.717) is 27.7 Å². The van der Waals surface area contributed by atoms with Gasteiger partial charge in [0, 0.05) is 20.1 Å². The number of carbonyl (C=O) groups excluding carboxylic acids is 1. The standard InChI is InChI=1S/C12H16Cl2N4O/c1-15-11-8(13)5-9(14)12(17-11)18(2)6-10(19)16-7-3-4-7/h5,7H,3-4,6H2,1-2H3,(H,15,17)(H,16,19). The predicted octanol–water partition coefficient (Wildman–Crippen LogP) is 2.14. The minimum atomic E-state index is -0.0242. The van der Waals surface area contributed by atoms with E-state index in [0.717, 1.165) is 12.8 Å². The highest BCUT2D eigenvalue weighted by Crippen LogP contribution is 2.30. The van der Waals surface area contributed by atoms with E-state index < -0.39 is 0 Å². The Morgan fingerprint density at radius 1 is 1.47 bits per heavy atom. The molecule has 1 amide bonds. The molecule has 19 heavy (non-hydrogen) atoms. The molecule has 1 saturated carbocycles. The van der Waals surface area contributed by atoms with E-state index in [1.165, 1.54) is 0 Å². The zero-order valence-electron chi connectivity index (χ0n) is 10.8. The van der Waals surface area contributed by atoms with E-state index in [9.17, 15) is 4.79 Å². The average molecular weight is 303 g/mol. The lowest BCUT2D eigenvalue weighted by Crippen LogP contribution is -2.36. The summed E-state index contributed by atoms with van der Waals surface area (Å²) in [5, 5.41) is 6.68. The lowest BCUT2D eigenvalue weighted by Gasteiger charge is -2.20. The fraction of sp³-hybridized carbons (Fsp3) is 0.500. The van der Waals surface area contributed by atoms with Crippen LogP contribution in [0.2, 0.25) is 10.0 Å². The third-order valence-electron chi connectivity index (χ3n) is 2.83. The van der Waals surface area contributed by atoms with Crippen molar-refractivity contribution in [3.8, 4) is 0 Å². The van der Waals surface area contributed by atoms with Crippen molar-refractivity contribution in [2.24, 2.45) is 0 Å². The van der Waals surface area contributed by atoms with E-state index in [-0.39, 0.29) is 12.5 Å². The van der Waals surface area contributed by atoms with Crippen LogP contribution in [0.15, 0.2) is 6.07 Å². The summed E-state index contributed by atoms with van der Waals surface area (Å²) in [4.78, 5) is 17.8. The summed E-state index contributed by atoms with van der Waals surface area (Å²) in [6, 6.07) is 1.97. The normalized spacial score (nSPS) is 14.1. The molecule has 2 N–H and O–H groups in total. The molecule has 1 aromatic heterocycles. The van der Waals surface area contributed by atoms with Crippen molar-refractivity contribution in [3.05, 3.63) is 16.1 Å². The minimum absolute atomic E-state index is 0.0242. The second-order valence-electron chi connectivity index (χ2n) is 4.57. The topological polar surface area (TPSA) is 57.3 Å². The first-order valence-electron chi connectivity index (χ1n) is 6.05. The molecule has 0 atom stereocenters. The third-order valence-corrected chi connectivity index (χ3v) is 3.40. The van der Waals surface area contributed by atoms with Gasteiger partial charge >= 0.3 is 0 Å². The summed E-state index contributed by atoms with van der Waals surface area (Å²) < 4.78 is 0. The van der Waals surface area contributed by atoms with Crippen LogP contribution in [-0.2, 0) is 4.79 Å². The van der Waals surface area contributed by atoms with Gasteiger partial charge in [0.2, 0.25) is 5.91 Å². The number of likely N-dealkylation sites (N-methyl/N-ethyl adjacent to an activating group) is 1.